The molecule has 0 atom stereocenters. The third kappa shape index (κ3) is 3.44. The minimum Gasteiger partial charge on any atom is -0.507 e. The minimum atomic E-state index is -0.709. The van der Waals surface area contributed by atoms with E-state index in [2.05, 4.69) is 9.97 Å². The van der Waals surface area contributed by atoms with Crippen LogP contribution in [0.5, 0.6) is 11.5 Å². The van der Waals surface area contributed by atoms with Gasteiger partial charge in [-0.2, -0.15) is 0 Å². The molecule has 0 bridgehead atoms. The number of phenolic OH excluding ortho intramolecular Hbond substituents is 2. The quantitative estimate of drug-likeness (QED) is 0.407. The van der Waals surface area contributed by atoms with Crippen LogP contribution in [0.2, 0.25) is 0 Å². The Morgan fingerprint density at radius 2 is 1.45 bits per heavy atom. The molecule has 0 amide bonds. The Labute approximate surface area is 177 Å². The lowest BCUT2D eigenvalue weighted by Crippen LogP contribution is -1.92. The monoisotopic (exact) mass is 409 g/mol. The lowest BCUT2D eigenvalue weighted by Gasteiger charge is -2.12. The van der Waals surface area contributed by atoms with Crippen molar-refractivity contribution >= 4 is 10.9 Å². The van der Waals surface area contributed by atoms with Crippen LogP contribution in [0.25, 0.3) is 44.4 Å². The smallest absolute Gasteiger partial charge is 0.165 e. The van der Waals surface area contributed by atoms with E-state index in [4.69, 9.17) is 4.98 Å². The number of aromatic hydroxyl groups is 2. The van der Waals surface area contributed by atoms with Gasteiger partial charge in [0, 0.05) is 34.5 Å². The number of nitrogens with zero attached hydrogens (tertiary/aromatic N) is 3. The zero-order valence-corrected chi connectivity index (χ0v) is 16.2. The van der Waals surface area contributed by atoms with Crippen LogP contribution < -0.4 is 0 Å². The van der Waals surface area contributed by atoms with Gasteiger partial charge in [-0.05, 0) is 53.6 Å². The Hall–Kier alpha value is -4.32. The summed E-state index contributed by atoms with van der Waals surface area (Å²) in [6.45, 7) is 0. The number of hydrogen-bond acceptors (Lipinski definition) is 5. The number of hydrogen-bond donors (Lipinski definition) is 2. The van der Waals surface area contributed by atoms with Crippen LogP contribution in [0.4, 0.5) is 4.39 Å². The molecule has 0 aliphatic heterocycles. The zero-order valence-electron chi connectivity index (χ0n) is 16.2. The van der Waals surface area contributed by atoms with Crippen LogP contribution in [-0.2, 0) is 0 Å². The maximum Gasteiger partial charge on any atom is 0.165 e. The molecule has 2 N–H and O–H groups in total. The van der Waals surface area contributed by atoms with Crippen molar-refractivity contribution in [3.8, 4) is 45.0 Å². The van der Waals surface area contributed by atoms with Gasteiger partial charge in [0.15, 0.2) is 11.6 Å². The normalized spacial score (nSPS) is 11.0. The summed E-state index contributed by atoms with van der Waals surface area (Å²) in [5.41, 5.74) is 4.96. The van der Waals surface area contributed by atoms with Gasteiger partial charge in [-0.1, -0.05) is 24.3 Å². The van der Waals surface area contributed by atoms with E-state index >= 15 is 0 Å². The molecule has 2 heterocycles. The molecular weight excluding hydrogens is 393 g/mol. The average Bonchev–Trinajstić information content (AvgIpc) is 2.81. The van der Waals surface area contributed by atoms with E-state index in [1.165, 1.54) is 18.5 Å². The largest absolute Gasteiger partial charge is 0.507 e. The predicted octanol–water partition coefficient (Wildman–Crippen LogP) is 5.58. The second-order valence-corrected chi connectivity index (χ2v) is 7.10. The zero-order chi connectivity index (χ0) is 21.4. The van der Waals surface area contributed by atoms with E-state index in [1.807, 2.05) is 36.4 Å². The van der Waals surface area contributed by atoms with Gasteiger partial charge in [-0.25, -0.2) is 19.3 Å². The van der Waals surface area contributed by atoms with E-state index in [9.17, 15) is 14.6 Å². The van der Waals surface area contributed by atoms with Gasteiger partial charge < -0.3 is 10.2 Å². The van der Waals surface area contributed by atoms with Crippen molar-refractivity contribution in [2.24, 2.45) is 0 Å². The highest BCUT2D eigenvalue weighted by atomic mass is 19.1. The first-order valence-corrected chi connectivity index (χ1v) is 9.57. The van der Waals surface area contributed by atoms with Crippen molar-refractivity contribution < 1.29 is 14.6 Å². The predicted molar refractivity (Wildman–Crippen MR) is 117 cm³/mol. The first-order valence-electron chi connectivity index (χ1n) is 9.57. The Balaban J connectivity index is 1.77. The van der Waals surface area contributed by atoms with Gasteiger partial charge in [0.25, 0.3) is 0 Å². The molecule has 0 aliphatic carbocycles. The summed E-state index contributed by atoms with van der Waals surface area (Å²) < 4.78 is 14.0. The molecule has 5 aromatic rings. The third-order valence-electron chi connectivity index (χ3n) is 5.14. The highest BCUT2D eigenvalue weighted by Crippen LogP contribution is 2.36. The summed E-state index contributed by atoms with van der Waals surface area (Å²) in [4.78, 5) is 13.0. The number of aromatic nitrogens is 3. The maximum atomic E-state index is 14.0. The van der Waals surface area contributed by atoms with Crippen molar-refractivity contribution in [1.29, 1.82) is 0 Å². The molecule has 0 radical (unpaired) electrons. The van der Waals surface area contributed by atoms with Gasteiger partial charge in [0.2, 0.25) is 0 Å². The summed E-state index contributed by atoms with van der Waals surface area (Å²) in [6.07, 6.45) is 4.86. The summed E-state index contributed by atoms with van der Waals surface area (Å²) in [7, 11) is 0. The summed E-state index contributed by atoms with van der Waals surface area (Å²) in [6, 6.07) is 18.9. The van der Waals surface area contributed by atoms with Crippen molar-refractivity contribution in [2.75, 3.05) is 0 Å². The Kier molecular flexibility index (Phi) is 4.52. The van der Waals surface area contributed by atoms with Crippen LogP contribution in [0.15, 0.2) is 85.5 Å². The first-order chi connectivity index (χ1) is 15.1. The van der Waals surface area contributed by atoms with E-state index in [0.29, 0.717) is 22.3 Å². The fourth-order valence-corrected chi connectivity index (χ4v) is 3.60. The summed E-state index contributed by atoms with van der Waals surface area (Å²) >= 11 is 0. The molecule has 6 heteroatoms. The van der Waals surface area contributed by atoms with Gasteiger partial charge in [-0.15, -0.1) is 0 Å². The molecule has 31 heavy (non-hydrogen) atoms. The topological polar surface area (TPSA) is 79.1 Å². The molecule has 3 aromatic carbocycles. The van der Waals surface area contributed by atoms with E-state index in [-0.39, 0.29) is 5.75 Å². The Bertz CT molecular complexity index is 1420. The summed E-state index contributed by atoms with van der Waals surface area (Å²) in [5.74, 6) is -0.928. The van der Waals surface area contributed by atoms with Gasteiger partial charge >= 0.3 is 0 Å². The number of para-hydroxylation sites is 1. The summed E-state index contributed by atoms with van der Waals surface area (Å²) in [5, 5.41) is 20.6. The first kappa shape index (κ1) is 18.7. The lowest BCUT2D eigenvalue weighted by molar-refractivity contribution is 0.432. The number of fused-ring (bicyclic) bond motifs is 1. The Morgan fingerprint density at radius 3 is 2.23 bits per heavy atom. The van der Waals surface area contributed by atoms with Crippen molar-refractivity contribution in [3.63, 3.8) is 0 Å². The van der Waals surface area contributed by atoms with E-state index in [0.717, 1.165) is 22.1 Å². The Morgan fingerprint density at radius 1 is 0.677 bits per heavy atom. The van der Waals surface area contributed by atoms with Crippen LogP contribution in [0.3, 0.4) is 0 Å². The second kappa shape index (κ2) is 7.50. The van der Waals surface area contributed by atoms with Gasteiger partial charge in [-0.3, -0.25) is 0 Å². The molecule has 2 aromatic heterocycles. The number of rotatable bonds is 3. The molecule has 0 aliphatic rings. The van der Waals surface area contributed by atoms with Crippen LogP contribution in [0.1, 0.15) is 0 Å². The van der Waals surface area contributed by atoms with E-state index in [1.54, 1.807) is 30.6 Å². The second-order valence-electron chi connectivity index (χ2n) is 7.10. The van der Waals surface area contributed by atoms with Crippen LogP contribution in [0, 0.1) is 5.82 Å². The standard InChI is InChI=1S/C25H16FN3O2/c26-21-10-16(6-8-25(21)31)23-11-19(17-12-27-14-28-13-17)20-9-15(5-7-22(20)29-23)18-3-1-2-4-24(18)30/h1-14,30-31H. The molecule has 5 rings (SSSR count). The van der Waals surface area contributed by atoms with Crippen molar-refractivity contribution in [2.45, 2.75) is 0 Å². The molecule has 0 saturated heterocycles. The molecule has 0 unspecified atom stereocenters. The SMILES string of the molecule is Oc1ccc(-c2cc(-c3cncnc3)c3cc(-c4ccccc4O)ccc3n2)cc1F. The van der Waals surface area contributed by atoms with E-state index < -0.39 is 11.6 Å². The highest BCUT2D eigenvalue weighted by molar-refractivity contribution is 5.99. The fraction of sp³-hybridized carbons (Fsp3) is 0. The minimum absolute atomic E-state index is 0.190. The number of phenols is 2. The fourth-order valence-electron chi connectivity index (χ4n) is 3.60. The maximum absolute atomic E-state index is 14.0. The lowest BCUT2D eigenvalue weighted by atomic mass is 9.96. The van der Waals surface area contributed by atoms with Crippen LogP contribution in [-0.4, -0.2) is 25.2 Å². The van der Waals surface area contributed by atoms with Gasteiger partial charge in [0.05, 0.1) is 11.2 Å². The third-order valence-corrected chi connectivity index (χ3v) is 5.14. The number of pyridine rings is 1. The molecule has 0 fully saturated rings. The number of benzene rings is 3. The molecule has 150 valence electrons. The van der Waals surface area contributed by atoms with Crippen molar-refractivity contribution in [1.82, 2.24) is 15.0 Å². The molecular formula is C25H16FN3O2. The molecule has 0 saturated carbocycles. The molecule has 5 nitrogen and oxygen atoms in total. The average molecular weight is 409 g/mol. The van der Waals surface area contributed by atoms with Crippen LogP contribution >= 0.6 is 0 Å². The highest BCUT2D eigenvalue weighted by Gasteiger charge is 2.13. The number of halogens is 1. The van der Waals surface area contributed by atoms with Crippen molar-refractivity contribution in [3.05, 3.63) is 91.3 Å². The van der Waals surface area contributed by atoms with Gasteiger partial charge in [0.1, 0.15) is 12.1 Å². The molecule has 0 spiro atoms.